The number of hydrogen-bond acceptors (Lipinski definition) is 4. The van der Waals surface area contributed by atoms with E-state index in [-0.39, 0.29) is 30.0 Å². The normalized spacial score (nSPS) is 20.4. The van der Waals surface area contributed by atoms with Gasteiger partial charge in [-0.15, -0.1) is 0 Å². The Morgan fingerprint density at radius 1 is 0.964 bits per heavy atom. The molecule has 0 N–H and O–H groups in total. The van der Waals surface area contributed by atoms with Gasteiger partial charge in [0.25, 0.3) is 11.5 Å². The molecule has 2 aliphatic rings. The third kappa shape index (κ3) is 3.80. The highest BCUT2D eigenvalue weighted by Gasteiger charge is 2.30. The first kappa shape index (κ1) is 18.7. The number of carbonyl (C=O) groups excluding carboxylic acids is 2. The van der Waals surface area contributed by atoms with E-state index in [2.05, 4.69) is 0 Å². The summed E-state index contributed by atoms with van der Waals surface area (Å²) < 4.78 is 7.03. The van der Waals surface area contributed by atoms with Crippen molar-refractivity contribution in [2.75, 3.05) is 32.8 Å². The number of amides is 2. The average molecular weight is 383 g/mol. The van der Waals surface area contributed by atoms with E-state index in [4.69, 9.17) is 4.74 Å². The van der Waals surface area contributed by atoms with Gasteiger partial charge in [0, 0.05) is 38.9 Å². The number of hydrogen-bond donors (Lipinski definition) is 0. The first-order valence-electron chi connectivity index (χ1n) is 9.90. The summed E-state index contributed by atoms with van der Waals surface area (Å²) in [4.78, 5) is 41.4. The Balaban J connectivity index is 1.44. The summed E-state index contributed by atoms with van der Waals surface area (Å²) >= 11 is 0. The van der Waals surface area contributed by atoms with Crippen LogP contribution in [0.3, 0.4) is 0 Å². The molecule has 0 saturated carbocycles. The molecule has 7 nitrogen and oxygen atoms in total. The first-order chi connectivity index (χ1) is 13.6. The van der Waals surface area contributed by atoms with Crippen LogP contribution in [0.5, 0.6) is 0 Å². The van der Waals surface area contributed by atoms with Crippen LogP contribution in [0, 0.1) is 0 Å². The third-order valence-electron chi connectivity index (χ3n) is 5.56. The molecule has 0 unspecified atom stereocenters. The molecule has 28 heavy (non-hydrogen) atoms. The summed E-state index contributed by atoms with van der Waals surface area (Å²) in [7, 11) is 0. The van der Waals surface area contributed by atoms with E-state index >= 15 is 0 Å². The lowest BCUT2D eigenvalue weighted by Gasteiger charge is -2.24. The molecule has 2 aliphatic heterocycles. The maximum absolute atomic E-state index is 12.9. The fourth-order valence-corrected chi connectivity index (χ4v) is 4.01. The third-order valence-corrected chi connectivity index (χ3v) is 5.56. The van der Waals surface area contributed by atoms with Crippen LogP contribution < -0.4 is 5.56 Å². The van der Waals surface area contributed by atoms with Gasteiger partial charge in [-0.1, -0.05) is 18.2 Å². The van der Waals surface area contributed by atoms with Crippen LogP contribution in [-0.2, 0) is 20.9 Å². The highest BCUT2D eigenvalue weighted by atomic mass is 16.5. The van der Waals surface area contributed by atoms with Crippen molar-refractivity contribution in [3.63, 3.8) is 0 Å². The van der Waals surface area contributed by atoms with E-state index in [9.17, 15) is 14.4 Å². The van der Waals surface area contributed by atoms with E-state index < -0.39 is 0 Å². The van der Waals surface area contributed by atoms with E-state index in [1.807, 2.05) is 29.2 Å². The smallest absolute Gasteiger partial charge is 0.251 e. The lowest BCUT2D eigenvalue weighted by atomic mass is 10.2. The molecule has 2 fully saturated rings. The van der Waals surface area contributed by atoms with Crippen molar-refractivity contribution in [1.29, 1.82) is 0 Å². The van der Waals surface area contributed by atoms with Gasteiger partial charge in [0.1, 0.15) is 12.6 Å². The summed E-state index contributed by atoms with van der Waals surface area (Å²) in [6, 6.07) is 10.8. The zero-order chi connectivity index (χ0) is 19.5. The largest absolute Gasteiger partial charge is 0.368 e. The Bertz CT molecular complexity index is 933. The second-order valence-electron chi connectivity index (χ2n) is 7.38. The van der Waals surface area contributed by atoms with E-state index in [1.165, 1.54) is 10.6 Å². The van der Waals surface area contributed by atoms with Crippen molar-refractivity contribution < 1.29 is 14.3 Å². The standard InChI is InChI=1S/C21H25N3O4/c25-19-9-8-16-5-1-2-6-17(16)24(19)15-20(26)22-10-4-11-23(13-12-22)21(27)18-7-3-14-28-18/h1-2,5-6,8-9,18H,3-4,7,10-15H2/t18-/m0/s1. The first-order valence-corrected chi connectivity index (χ1v) is 9.90. The van der Waals surface area contributed by atoms with Gasteiger partial charge in [0.15, 0.2) is 0 Å². The van der Waals surface area contributed by atoms with Crippen molar-refractivity contribution in [1.82, 2.24) is 14.4 Å². The number of para-hydroxylation sites is 1. The summed E-state index contributed by atoms with van der Waals surface area (Å²) in [6.07, 6.45) is 2.11. The Kier molecular flexibility index (Phi) is 5.43. The highest BCUT2D eigenvalue weighted by Crippen LogP contribution is 2.16. The number of nitrogens with zero attached hydrogens (tertiary/aromatic N) is 3. The number of benzene rings is 1. The molecule has 0 aliphatic carbocycles. The van der Waals surface area contributed by atoms with Crippen LogP contribution in [0.4, 0.5) is 0 Å². The Labute approximate surface area is 163 Å². The van der Waals surface area contributed by atoms with Gasteiger partial charge in [-0.3, -0.25) is 19.0 Å². The van der Waals surface area contributed by atoms with E-state index in [0.29, 0.717) is 32.8 Å². The summed E-state index contributed by atoms with van der Waals surface area (Å²) in [5.41, 5.74) is 0.574. The minimum Gasteiger partial charge on any atom is -0.368 e. The summed E-state index contributed by atoms with van der Waals surface area (Å²) in [5.74, 6) is -0.0538. The van der Waals surface area contributed by atoms with Crippen LogP contribution in [-0.4, -0.2) is 65.1 Å². The molecular weight excluding hydrogens is 358 g/mol. The quantitative estimate of drug-likeness (QED) is 0.800. The van der Waals surface area contributed by atoms with Crippen molar-refractivity contribution >= 4 is 22.7 Å². The molecule has 1 aromatic heterocycles. The number of fused-ring (bicyclic) bond motifs is 1. The van der Waals surface area contributed by atoms with E-state index in [0.717, 1.165) is 30.2 Å². The number of rotatable bonds is 3. The maximum Gasteiger partial charge on any atom is 0.251 e. The predicted molar refractivity (Wildman–Crippen MR) is 105 cm³/mol. The SMILES string of the molecule is O=C(Cn1c(=O)ccc2ccccc21)N1CCCN(C(=O)[C@@H]2CCCO2)CC1. The number of ether oxygens (including phenoxy) is 1. The fourth-order valence-electron chi connectivity index (χ4n) is 4.01. The molecule has 2 aromatic rings. The van der Waals surface area contributed by atoms with Crippen LogP contribution in [0.2, 0.25) is 0 Å². The Hall–Kier alpha value is -2.67. The van der Waals surface area contributed by atoms with Crippen LogP contribution in [0.25, 0.3) is 10.9 Å². The van der Waals surface area contributed by atoms with Gasteiger partial charge >= 0.3 is 0 Å². The number of pyridine rings is 1. The molecule has 2 saturated heterocycles. The molecule has 7 heteroatoms. The lowest BCUT2D eigenvalue weighted by molar-refractivity contribution is -0.141. The summed E-state index contributed by atoms with van der Waals surface area (Å²) in [6.45, 7) is 2.88. The van der Waals surface area contributed by atoms with Gasteiger partial charge in [-0.05, 0) is 36.8 Å². The zero-order valence-corrected chi connectivity index (χ0v) is 15.9. The zero-order valence-electron chi connectivity index (χ0n) is 15.9. The second-order valence-corrected chi connectivity index (χ2v) is 7.38. The molecule has 1 aromatic carbocycles. The minimum absolute atomic E-state index is 0.0138. The van der Waals surface area contributed by atoms with Crippen molar-refractivity contribution in [3.8, 4) is 0 Å². The highest BCUT2D eigenvalue weighted by molar-refractivity contribution is 5.83. The molecule has 3 heterocycles. The molecule has 2 amide bonds. The lowest BCUT2D eigenvalue weighted by Crippen LogP contribution is -2.42. The average Bonchev–Trinajstić information content (AvgIpc) is 3.14. The van der Waals surface area contributed by atoms with Gasteiger partial charge in [-0.2, -0.15) is 0 Å². The molecule has 4 rings (SSSR count). The molecule has 1 atom stereocenters. The second kappa shape index (κ2) is 8.14. The van der Waals surface area contributed by atoms with Gasteiger partial charge in [0.2, 0.25) is 5.91 Å². The van der Waals surface area contributed by atoms with Crippen LogP contribution in [0.1, 0.15) is 19.3 Å². The number of carbonyl (C=O) groups is 2. The molecular formula is C21H25N3O4. The van der Waals surface area contributed by atoms with Crippen molar-refractivity contribution in [2.45, 2.75) is 31.9 Å². The van der Waals surface area contributed by atoms with Gasteiger partial charge < -0.3 is 14.5 Å². The predicted octanol–water partition coefficient (Wildman–Crippen LogP) is 1.24. The van der Waals surface area contributed by atoms with E-state index in [1.54, 1.807) is 11.0 Å². The van der Waals surface area contributed by atoms with Crippen LogP contribution in [0.15, 0.2) is 41.2 Å². The van der Waals surface area contributed by atoms with Crippen molar-refractivity contribution in [3.05, 3.63) is 46.8 Å². The molecule has 0 spiro atoms. The van der Waals surface area contributed by atoms with Gasteiger partial charge in [-0.25, -0.2) is 0 Å². The Morgan fingerprint density at radius 2 is 1.75 bits per heavy atom. The van der Waals surface area contributed by atoms with Crippen LogP contribution >= 0.6 is 0 Å². The molecule has 0 bridgehead atoms. The monoisotopic (exact) mass is 383 g/mol. The molecule has 0 radical (unpaired) electrons. The molecule has 148 valence electrons. The Morgan fingerprint density at radius 3 is 2.57 bits per heavy atom. The van der Waals surface area contributed by atoms with Crippen molar-refractivity contribution in [2.24, 2.45) is 0 Å². The maximum atomic E-state index is 12.9. The topological polar surface area (TPSA) is 71.9 Å². The van der Waals surface area contributed by atoms with Gasteiger partial charge in [0.05, 0.1) is 5.52 Å². The minimum atomic E-state index is -0.323. The summed E-state index contributed by atoms with van der Waals surface area (Å²) in [5, 5.41) is 0.930. The fraction of sp³-hybridized carbons (Fsp3) is 0.476. The number of aromatic nitrogens is 1.